The molecule has 0 amide bonds. The van der Waals surface area contributed by atoms with E-state index < -0.39 is 0 Å². The molecule has 0 unspecified atom stereocenters. The van der Waals surface area contributed by atoms with Crippen LogP contribution in [0.15, 0.2) is 66.7 Å². The van der Waals surface area contributed by atoms with Crippen molar-refractivity contribution in [2.24, 2.45) is 0 Å². The monoisotopic (exact) mass is 312 g/mol. The molecule has 1 aromatic heterocycles. The molecule has 0 aliphatic carbocycles. The fraction of sp³-hybridized carbons (Fsp3) is 0.0909. The molecule has 0 saturated heterocycles. The Morgan fingerprint density at radius 2 is 1.46 bits per heavy atom. The predicted molar refractivity (Wildman–Crippen MR) is 105 cm³/mol. The number of benzene rings is 3. The van der Waals surface area contributed by atoms with Gasteiger partial charge in [0.05, 0.1) is 0 Å². The molecule has 2 nitrogen and oxygen atoms in total. The van der Waals surface area contributed by atoms with Crippen LogP contribution >= 0.6 is 0 Å². The zero-order chi connectivity index (χ0) is 16.5. The van der Waals surface area contributed by atoms with Gasteiger partial charge in [-0.1, -0.05) is 48.6 Å². The van der Waals surface area contributed by atoms with Gasteiger partial charge < -0.3 is 10.3 Å². The Bertz CT molecular complexity index is 1040. The molecular formula is C22H20N2. The highest BCUT2D eigenvalue weighted by atomic mass is 15.0. The summed E-state index contributed by atoms with van der Waals surface area (Å²) in [6.45, 7) is 3.17. The van der Waals surface area contributed by atoms with Crippen molar-refractivity contribution in [2.45, 2.75) is 13.5 Å². The zero-order valence-electron chi connectivity index (χ0n) is 13.7. The van der Waals surface area contributed by atoms with Crippen molar-refractivity contribution in [2.75, 3.05) is 5.73 Å². The summed E-state index contributed by atoms with van der Waals surface area (Å²) in [5.41, 5.74) is 11.5. The van der Waals surface area contributed by atoms with Crippen LogP contribution < -0.4 is 5.73 Å². The molecule has 0 spiro atoms. The number of hydrogen-bond acceptors (Lipinski definition) is 1. The molecule has 4 rings (SSSR count). The molecule has 0 radical (unpaired) electrons. The molecule has 3 aromatic carbocycles. The maximum absolute atomic E-state index is 5.74. The lowest BCUT2D eigenvalue weighted by atomic mass is 10.1. The van der Waals surface area contributed by atoms with Gasteiger partial charge in [0.1, 0.15) is 0 Å². The molecular weight excluding hydrogens is 292 g/mol. The number of nitrogens with zero attached hydrogens (tertiary/aromatic N) is 1. The van der Waals surface area contributed by atoms with E-state index in [0.717, 1.165) is 17.8 Å². The number of rotatable bonds is 3. The van der Waals surface area contributed by atoms with Gasteiger partial charge in [-0.2, -0.15) is 0 Å². The summed E-state index contributed by atoms with van der Waals surface area (Å²) in [6.07, 6.45) is 4.28. The highest BCUT2D eigenvalue weighted by Gasteiger charge is 2.08. The van der Waals surface area contributed by atoms with E-state index in [2.05, 4.69) is 66.1 Å². The number of aromatic nitrogens is 1. The number of para-hydroxylation sites is 1. The van der Waals surface area contributed by atoms with Crippen LogP contribution in [0.2, 0.25) is 0 Å². The van der Waals surface area contributed by atoms with E-state index in [0.29, 0.717) is 0 Å². The highest BCUT2D eigenvalue weighted by molar-refractivity contribution is 6.08. The van der Waals surface area contributed by atoms with Crippen LogP contribution in [-0.2, 0) is 6.54 Å². The fourth-order valence-electron chi connectivity index (χ4n) is 3.32. The van der Waals surface area contributed by atoms with Gasteiger partial charge in [-0.05, 0) is 48.4 Å². The van der Waals surface area contributed by atoms with Gasteiger partial charge in [-0.25, -0.2) is 0 Å². The lowest BCUT2D eigenvalue weighted by Crippen LogP contribution is -1.92. The summed E-state index contributed by atoms with van der Waals surface area (Å²) >= 11 is 0. The summed E-state index contributed by atoms with van der Waals surface area (Å²) in [5.74, 6) is 0. The SMILES string of the molecule is CCn1c2ccccc2c2cc(/C=C/c3ccc(N)cc3)ccc21. The quantitative estimate of drug-likeness (QED) is 0.389. The van der Waals surface area contributed by atoms with Crippen molar-refractivity contribution < 1.29 is 0 Å². The van der Waals surface area contributed by atoms with Gasteiger partial charge in [0.25, 0.3) is 0 Å². The minimum atomic E-state index is 0.793. The van der Waals surface area contributed by atoms with Crippen LogP contribution in [0.25, 0.3) is 34.0 Å². The first-order chi connectivity index (χ1) is 11.8. The molecule has 0 aliphatic rings. The van der Waals surface area contributed by atoms with E-state index in [1.165, 1.54) is 27.4 Å². The van der Waals surface area contributed by atoms with Crippen molar-refractivity contribution in [3.8, 4) is 0 Å². The lowest BCUT2D eigenvalue weighted by molar-refractivity contribution is 0.827. The Hall–Kier alpha value is -3.00. The molecule has 0 atom stereocenters. The Morgan fingerprint density at radius 3 is 2.25 bits per heavy atom. The maximum Gasteiger partial charge on any atom is 0.0491 e. The van der Waals surface area contributed by atoms with Crippen LogP contribution in [0.1, 0.15) is 18.1 Å². The number of hydrogen-bond donors (Lipinski definition) is 1. The molecule has 2 heteroatoms. The van der Waals surface area contributed by atoms with E-state index in [-0.39, 0.29) is 0 Å². The largest absolute Gasteiger partial charge is 0.399 e. The molecule has 4 aromatic rings. The molecule has 0 bridgehead atoms. The Kier molecular flexibility index (Phi) is 3.58. The Morgan fingerprint density at radius 1 is 0.792 bits per heavy atom. The molecule has 0 saturated carbocycles. The molecule has 0 aliphatic heterocycles. The van der Waals surface area contributed by atoms with Crippen LogP contribution in [0.5, 0.6) is 0 Å². The zero-order valence-corrected chi connectivity index (χ0v) is 13.7. The topological polar surface area (TPSA) is 30.9 Å². The molecule has 24 heavy (non-hydrogen) atoms. The number of fused-ring (bicyclic) bond motifs is 3. The van der Waals surface area contributed by atoms with Gasteiger partial charge in [0.2, 0.25) is 0 Å². The van der Waals surface area contributed by atoms with Crippen molar-refractivity contribution >= 4 is 39.6 Å². The average Bonchev–Trinajstić information content (AvgIpc) is 2.94. The summed E-state index contributed by atoms with van der Waals surface area (Å²) in [7, 11) is 0. The number of nitrogen functional groups attached to an aromatic ring is 1. The van der Waals surface area contributed by atoms with Gasteiger partial charge in [0.15, 0.2) is 0 Å². The maximum atomic E-state index is 5.74. The third kappa shape index (κ3) is 2.46. The fourth-order valence-corrected chi connectivity index (χ4v) is 3.32. The van der Waals surface area contributed by atoms with Gasteiger partial charge in [0, 0.05) is 34.0 Å². The molecule has 0 fully saturated rings. The van der Waals surface area contributed by atoms with Crippen LogP contribution in [0, 0.1) is 0 Å². The van der Waals surface area contributed by atoms with Crippen LogP contribution in [-0.4, -0.2) is 4.57 Å². The van der Waals surface area contributed by atoms with E-state index in [9.17, 15) is 0 Å². The number of nitrogens with two attached hydrogens (primary N) is 1. The predicted octanol–water partition coefficient (Wildman–Crippen LogP) is 5.57. The molecule has 2 N–H and O–H groups in total. The van der Waals surface area contributed by atoms with E-state index in [1.54, 1.807) is 0 Å². The number of aryl methyl sites for hydroxylation is 1. The molecule has 1 heterocycles. The van der Waals surface area contributed by atoms with Gasteiger partial charge >= 0.3 is 0 Å². The van der Waals surface area contributed by atoms with Gasteiger partial charge in [-0.15, -0.1) is 0 Å². The summed E-state index contributed by atoms with van der Waals surface area (Å²) in [6, 6.07) is 23.2. The summed E-state index contributed by atoms with van der Waals surface area (Å²) < 4.78 is 2.37. The first kappa shape index (κ1) is 14.6. The van der Waals surface area contributed by atoms with Crippen molar-refractivity contribution in [1.29, 1.82) is 0 Å². The third-order valence-electron chi connectivity index (χ3n) is 4.52. The number of anilines is 1. The minimum absolute atomic E-state index is 0.793. The van der Waals surface area contributed by atoms with E-state index in [4.69, 9.17) is 5.73 Å². The van der Waals surface area contributed by atoms with Crippen molar-refractivity contribution in [3.63, 3.8) is 0 Å². The second-order valence-corrected chi connectivity index (χ2v) is 6.04. The average molecular weight is 312 g/mol. The second kappa shape index (κ2) is 5.89. The molecule has 118 valence electrons. The highest BCUT2D eigenvalue weighted by Crippen LogP contribution is 2.30. The van der Waals surface area contributed by atoms with Crippen LogP contribution in [0.4, 0.5) is 5.69 Å². The first-order valence-electron chi connectivity index (χ1n) is 8.31. The normalized spacial score (nSPS) is 11.7. The van der Waals surface area contributed by atoms with Gasteiger partial charge in [-0.3, -0.25) is 0 Å². The standard InChI is InChI=1S/C22H20N2/c1-2-24-21-6-4-3-5-19(21)20-15-17(11-14-22(20)24)8-7-16-9-12-18(23)13-10-16/h3-15H,2,23H2,1H3/b8-7+. The van der Waals surface area contributed by atoms with Crippen molar-refractivity contribution in [1.82, 2.24) is 4.57 Å². The van der Waals surface area contributed by atoms with Crippen molar-refractivity contribution in [3.05, 3.63) is 77.9 Å². The summed E-state index contributed by atoms with van der Waals surface area (Å²) in [4.78, 5) is 0. The van der Waals surface area contributed by atoms with E-state index >= 15 is 0 Å². The Labute approximate surface area is 141 Å². The smallest absolute Gasteiger partial charge is 0.0491 e. The summed E-state index contributed by atoms with van der Waals surface area (Å²) in [5, 5.41) is 2.63. The third-order valence-corrected chi connectivity index (χ3v) is 4.52. The second-order valence-electron chi connectivity index (χ2n) is 6.04. The van der Waals surface area contributed by atoms with E-state index in [1.807, 2.05) is 24.3 Å². The van der Waals surface area contributed by atoms with Crippen LogP contribution in [0.3, 0.4) is 0 Å². The minimum Gasteiger partial charge on any atom is -0.399 e. The first-order valence-corrected chi connectivity index (χ1v) is 8.31. The lowest BCUT2D eigenvalue weighted by Gasteiger charge is -2.02. The Balaban J connectivity index is 1.80.